The highest BCUT2D eigenvalue weighted by atomic mass is 15.1. The largest absolute Gasteiger partial charge is 0.310 e. The van der Waals surface area contributed by atoms with Crippen LogP contribution in [0.25, 0.3) is 121 Å². The van der Waals surface area contributed by atoms with E-state index >= 15 is 0 Å². The Labute approximate surface area is 437 Å². The number of fused-ring (bicyclic) bond motifs is 6. The normalized spacial score (nSPS) is 11.7. The van der Waals surface area contributed by atoms with Gasteiger partial charge in [0, 0.05) is 17.1 Å². The SMILES string of the molecule is C(=Cc1cccc(-c2c3ccccc3c(-c3cccc(N(c4ccccc4)c4ccc5c(-c6ccc7ccccc7c6)c6ccccc6c(-c6ccc7ccccc7c6)c5c4)c3)c3ccccc23)c1)c1ccccc1. The number of hydrogen-bond acceptors (Lipinski definition) is 1. The van der Waals surface area contributed by atoms with E-state index in [9.17, 15) is 0 Å². The molecular weight excluding hydrogens is 903 g/mol. The summed E-state index contributed by atoms with van der Waals surface area (Å²) in [6, 6.07) is 105. The maximum atomic E-state index is 2.44. The molecule has 1 heteroatoms. The van der Waals surface area contributed by atoms with Gasteiger partial charge in [-0.1, -0.05) is 243 Å². The molecule has 0 aliphatic carbocycles. The van der Waals surface area contributed by atoms with Crippen LogP contribution in [0.1, 0.15) is 11.1 Å². The molecule has 14 aromatic rings. The summed E-state index contributed by atoms with van der Waals surface area (Å²) in [4.78, 5) is 2.44. The average Bonchev–Trinajstić information content (AvgIpc) is 3.48. The standard InChI is InChI=1S/C74H49N/c1-3-19-50(20-4-1)37-38-51-21-17-26-56(45-51)71-63-31-11-13-33-65(63)72(66-34-14-12-32-64(66)71)57-27-18-30-61(48-57)75(60-28-5-2-6-29-60)62-43-44-69-70(49-62)74(59-42-40-53-23-8-10-25-55(53)47-59)68-36-16-15-35-67(68)73(69)58-41-39-52-22-7-9-24-54(52)46-58/h1-49H. The van der Waals surface area contributed by atoms with Crippen molar-refractivity contribution in [1.82, 2.24) is 0 Å². The van der Waals surface area contributed by atoms with Crippen molar-refractivity contribution in [3.63, 3.8) is 0 Å². The summed E-state index contributed by atoms with van der Waals surface area (Å²) in [5.74, 6) is 0. The van der Waals surface area contributed by atoms with Crippen molar-refractivity contribution in [2.75, 3.05) is 4.90 Å². The molecule has 0 amide bonds. The molecule has 0 fully saturated rings. The summed E-state index contributed by atoms with van der Waals surface area (Å²) in [5, 5.41) is 14.7. The quantitative estimate of drug-likeness (QED) is 0.103. The van der Waals surface area contributed by atoms with Crippen molar-refractivity contribution < 1.29 is 0 Å². The molecular formula is C74H49N. The summed E-state index contributed by atoms with van der Waals surface area (Å²) in [6.07, 6.45) is 4.41. The minimum Gasteiger partial charge on any atom is -0.310 e. The molecule has 75 heavy (non-hydrogen) atoms. The van der Waals surface area contributed by atoms with Crippen LogP contribution in [-0.4, -0.2) is 0 Å². The van der Waals surface area contributed by atoms with Crippen molar-refractivity contribution >= 4 is 93.8 Å². The maximum absolute atomic E-state index is 2.44. The van der Waals surface area contributed by atoms with Crippen LogP contribution in [0.3, 0.4) is 0 Å². The number of nitrogens with zero attached hydrogens (tertiary/aromatic N) is 1. The van der Waals surface area contributed by atoms with Crippen molar-refractivity contribution in [3.8, 4) is 44.5 Å². The smallest absolute Gasteiger partial charge is 0.0468 e. The van der Waals surface area contributed by atoms with Crippen LogP contribution in [0.2, 0.25) is 0 Å². The van der Waals surface area contributed by atoms with Crippen LogP contribution in [0.5, 0.6) is 0 Å². The lowest BCUT2D eigenvalue weighted by atomic mass is 9.85. The monoisotopic (exact) mass is 951 g/mol. The third-order valence-electron chi connectivity index (χ3n) is 15.1. The number of para-hydroxylation sites is 1. The first-order chi connectivity index (χ1) is 37.2. The molecule has 0 N–H and O–H groups in total. The second kappa shape index (κ2) is 18.7. The van der Waals surface area contributed by atoms with Gasteiger partial charge in [-0.15, -0.1) is 0 Å². The molecule has 0 aromatic heterocycles. The highest BCUT2D eigenvalue weighted by molar-refractivity contribution is 6.24. The van der Waals surface area contributed by atoms with Crippen LogP contribution in [0.15, 0.2) is 285 Å². The first-order valence-electron chi connectivity index (χ1n) is 25.9. The Balaban J connectivity index is 0.976. The molecule has 0 unspecified atom stereocenters. The van der Waals surface area contributed by atoms with Crippen LogP contribution in [0.4, 0.5) is 17.1 Å². The third kappa shape index (κ3) is 7.90. The lowest BCUT2D eigenvalue weighted by Gasteiger charge is -2.27. The van der Waals surface area contributed by atoms with Gasteiger partial charge in [-0.3, -0.25) is 0 Å². The highest BCUT2D eigenvalue weighted by Gasteiger charge is 2.22. The fourth-order valence-corrected chi connectivity index (χ4v) is 11.7. The Bertz CT molecular complexity index is 4470. The molecule has 350 valence electrons. The van der Waals surface area contributed by atoms with E-state index in [4.69, 9.17) is 0 Å². The topological polar surface area (TPSA) is 3.24 Å². The highest BCUT2D eigenvalue weighted by Crippen LogP contribution is 2.49. The first kappa shape index (κ1) is 43.9. The fraction of sp³-hybridized carbons (Fsp3) is 0. The Hall–Kier alpha value is -9.82. The third-order valence-corrected chi connectivity index (χ3v) is 15.1. The first-order valence-corrected chi connectivity index (χ1v) is 25.9. The van der Waals surface area contributed by atoms with E-state index < -0.39 is 0 Å². The van der Waals surface area contributed by atoms with Crippen molar-refractivity contribution in [2.24, 2.45) is 0 Å². The van der Waals surface area contributed by atoms with Crippen molar-refractivity contribution in [2.45, 2.75) is 0 Å². The van der Waals surface area contributed by atoms with Gasteiger partial charge in [0.1, 0.15) is 0 Å². The lowest BCUT2D eigenvalue weighted by molar-refractivity contribution is 1.29. The zero-order valence-corrected chi connectivity index (χ0v) is 41.2. The van der Waals surface area contributed by atoms with E-state index in [2.05, 4.69) is 302 Å². The van der Waals surface area contributed by atoms with E-state index in [1.165, 1.54) is 115 Å². The Kier molecular flexibility index (Phi) is 10.9. The van der Waals surface area contributed by atoms with Gasteiger partial charge in [0.25, 0.3) is 0 Å². The minimum atomic E-state index is 1.08. The predicted molar refractivity (Wildman–Crippen MR) is 323 cm³/mol. The number of anilines is 3. The molecule has 14 rings (SSSR count). The molecule has 14 aromatic carbocycles. The van der Waals surface area contributed by atoms with Crippen LogP contribution >= 0.6 is 0 Å². The van der Waals surface area contributed by atoms with Gasteiger partial charge in [-0.2, -0.15) is 0 Å². The molecule has 0 saturated carbocycles. The second-order valence-corrected chi connectivity index (χ2v) is 19.6. The van der Waals surface area contributed by atoms with Gasteiger partial charge >= 0.3 is 0 Å². The van der Waals surface area contributed by atoms with E-state index in [0.29, 0.717) is 0 Å². The van der Waals surface area contributed by atoms with Gasteiger partial charge in [-0.25, -0.2) is 0 Å². The molecule has 0 aliphatic heterocycles. The molecule has 0 spiro atoms. The minimum absolute atomic E-state index is 1.08. The van der Waals surface area contributed by atoms with Crippen LogP contribution < -0.4 is 4.90 Å². The number of hydrogen-bond donors (Lipinski definition) is 0. The summed E-state index contributed by atoms with van der Waals surface area (Å²) >= 11 is 0. The van der Waals surface area contributed by atoms with Crippen LogP contribution in [-0.2, 0) is 0 Å². The summed E-state index contributed by atoms with van der Waals surface area (Å²) in [5.41, 5.74) is 15.3. The second-order valence-electron chi connectivity index (χ2n) is 19.6. The van der Waals surface area contributed by atoms with Gasteiger partial charge in [0.05, 0.1) is 0 Å². The zero-order valence-electron chi connectivity index (χ0n) is 41.2. The van der Waals surface area contributed by atoms with Crippen molar-refractivity contribution in [1.29, 1.82) is 0 Å². The van der Waals surface area contributed by atoms with Gasteiger partial charge in [0.2, 0.25) is 0 Å². The van der Waals surface area contributed by atoms with Crippen LogP contribution in [0, 0.1) is 0 Å². The maximum Gasteiger partial charge on any atom is 0.0468 e. The van der Waals surface area contributed by atoms with E-state index in [-0.39, 0.29) is 0 Å². The molecule has 0 radical (unpaired) electrons. The molecule has 0 bridgehead atoms. The zero-order chi connectivity index (χ0) is 49.7. The molecule has 0 saturated heterocycles. The number of benzene rings is 14. The Morgan fingerprint density at radius 3 is 1.12 bits per heavy atom. The molecule has 0 heterocycles. The van der Waals surface area contributed by atoms with E-state index in [1.807, 2.05) is 0 Å². The summed E-state index contributed by atoms with van der Waals surface area (Å²) in [7, 11) is 0. The van der Waals surface area contributed by atoms with E-state index in [1.54, 1.807) is 0 Å². The summed E-state index contributed by atoms with van der Waals surface area (Å²) < 4.78 is 0. The van der Waals surface area contributed by atoms with Gasteiger partial charge in [-0.05, 0) is 175 Å². The lowest BCUT2D eigenvalue weighted by Crippen LogP contribution is -2.10. The van der Waals surface area contributed by atoms with Gasteiger partial charge < -0.3 is 4.90 Å². The summed E-state index contributed by atoms with van der Waals surface area (Å²) in [6.45, 7) is 0. The fourth-order valence-electron chi connectivity index (χ4n) is 11.7. The Morgan fingerprint density at radius 1 is 0.200 bits per heavy atom. The predicted octanol–water partition coefficient (Wildman–Crippen LogP) is 20.9. The average molecular weight is 952 g/mol. The molecule has 1 nitrogen and oxygen atoms in total. The molecule has 0 atom stereocenters. The van der Waals surface area contributed by atoms with Crippen molar-refractivity contribution in [3.05, 3.63) is 296 Å². The van der Waals surface area contributed by atoms with E-state index in [0.717, 1.165) is 22.6 Å². The van der Waals surface area contributed by atoms with Gasteiger partial charge in [0.15, 0.2) is 0 Å². The Morgan fingerprint density at radius 2 is 0.573 bits per heavy atom. The molecule has 0 aliphatic rings. The number of rotatable bonds is 9.